The molecule has 252 valence electrons. The summed E-state index contributed by atoms with van der Waals surface area (Å²) in [6, 6.07) is -0.691. The van der Waals surface area contributed by atoms with Gasteiger partial charge in [-0.05, 0) is 83.5 Å². The second-order valence-electron chi connectivity index (χ2n) is 11.2. The van der Waals surface area contributed by atoms with Gasteiger partial charge in [-0.2, -0.15) is 0 Å². The van der Waals surface area contributed by atoms with Crippen LogP contribution < -0.4 is 5.32 Å². The van der Waals surface area contributed by atoms with E-state index >= 15 is 0 Å². The predicted octanol–water partition coefficient (Wildman–Crippen LogP) is 10.5. The normalized spacial score (nSPS) is 14.5. The van der Waals surface area contributed by atoms with Gasteiger partial charge in [-0.3, -0.25) is 4.79 Å². The summed E-state index contributed by atoms with van der Waals surface area (Å²) in [5.74, 6) is -0.168. The molecule has 0 aromatic rings. The standard InChI is InChI=1S/C41H65NO3/c1-3-5-7-9-11-13-15-17-19-20-21-22-23-25-27-29-31-33-35-37-41(45)42-39(38-43)40(44)36-34-32-30-28-26-24-18-16-14-12-10-8-6-4-2/h5,7,11,13-14,16-17,19,21-22,25-28,31,33-34,36,39-40,43-44H,3-4,6,8-10,12,15,18,20,23-24,29-30,32,35,37-38H2,1-2H3,(H,42,45)/b7-5-,13-11-,16-14+,19-17-,22-21-,27-25-,28-26+,33-31-,36-34+. The molecule has 4 nitrogen and oxygen atoms in total. The number of aliphatic hydroxyl groups excluding tert-OH is 2. The van der Waals surface area contributed by atoms with Crippen LogP contribution in [-0.2, 0) is 4.79 Å². The molecule has 4 heteroatoms. The van der Waals surface area contributed by atoms with E-state index in [0.717, 1.165) is 64.2 Å². The van der Waals surface area contributed by atoms with Gasteiger partial charge in [0.05, 0.1) is 18.8 Å². The third kappa shape index (κ3) is 32.3. The summed E-state index contributed by atoms with van der Waals surface area (Å²) >= 11 is 0. The number of amides is 1. The number of rotatable bonds is 29. The average Bonchev–Trinajstić information content (AvgIpc) is 3.04. The molecule has 0 spiro atoms. The minimum absolute atomic E-state index is 0.168. The minimum Gasteiger partial charge on any atom is -0.394 e. The Labute approximate surface area is 276 Å². The number of hydrogen-bond acceptors (Lipinski definition) is 3. The topological polar surface area (TPSA) is 69.6 Å². The lowest BCUT2D eigenvalue weighted by Gasteiger charge is -2.19. The molecule has 0 saturated carbocycles. The number of aliphatic hydroxyl groups is 2. The summed E-state index contributed by atoms with van der Waals surface area (Å²) in [5, 5.41) is 22.7. The fourth-order valence-corrected chi connectivity index (χ4v) is 4.29. The number of unbranched alkanes of at least 4 members (excludes halogenated alkanes) is 6. The average molecular weight is 620 g/mol. The van der Waals surface area contributed by atoms with Crippen molar-refractivity contribution in [3.8, 4) is 0 Å². The van der Waals surface area contributed by atoms with E-state index in [9.17, 15) is 15.0 Å². The first-order valence-corrected chi connectivity index (χ1v) is 17.6. The van der Waals surface area contributed by atoms with Crippen molar-refractivity contribution < 1.29 is 15.0 Å². The third-order valence-electron chi connectivity index (χ3n) is 6.98. The molecule has 0 heterocycles. The van der Waals surface area contributed by atoms with Crippen LogP contribution in [0.4, 0.5) is 0 Å². The summed E-state index contributed by atoms with van der Waals surface area (Å²) in [5.41, 5.74) is 0. The lowest BCUT2D eigenvalue weighted by Crippen LogP contribution is -2.45. The maximum atomic E-state index is 12.3. The Morgan fingerprint density at radius 2 is 1.00 bits per heavy atom. The lowest BCUT2D eigenvalue weighted by atomic mass is 10.1. The van der Waals surface area contributed by atoms with Crippen molar-refractivity contribution in [3.05, 3.63) is 109 Å². The van der Waals surface area contributed by atoms with Crippen LogP contribution in [-0.4, -0.2) is 34.9 Å². The molecule has 2 unspecified atom stereocenters. The zero-order chi connectivity index (χ0) is 32.9. The Bertz CT molecular complexity index is 932. The molecule has 0 radical (unpaired) electrons. The van der Waals surface area contributed by atoms with E-state index in [0.29, 0.717) is 12.8 Å². The number of allylic oxidation sites excluding steroid dienone is 17. The van der Waals surface area contributed by atoms with E-state index in [1.165, 1.54) is 32.1 Å². The molecule has 0 rings (SSSR count). The van der Waals surface area contributed by atoms with Gasteiger partial charge in [-0.25, -0.2) is 0 Å². The Morgan fingerprint density at radius 3 is 1.49 bits per heavy atom. The SMILES string of the molecule is CC/C=C\C/C=C\C/C=C\C/C=C\C/C=C\C/C=C\CCC(=O)NC(CO)C(O)/C=C/CC/C=C/CC/C=C/CCCCCC. The van der Waals surface area contributed by atoms with E-state index in [1.54, 1.807) is 6.08 Å². The zero-order valence-corrected chi connectivity index (χ0v) is 28.6. The van der Waals surface area contributed by atoms with Crippen LogP contribution in [0.2, 0.25) is 0 Å². The van der Waals surface area contributed by atoms with Gasteiger partial charge in [0.1, 0.15) is 0 Å². The van der Waals surface area contributed by atoms with Gasteiger partial charge in [-0.1, -0.05) is 142 Å². The summed E-state index contributed by atoms with van der Waals surface area (Å²) in [6.07, 6.45) is 54.6. The van der Waals surface area contributed by atoms with Crippen LogP contribution in [0.3, 0.4) is 0 Å². The highest BCUT2D eigenvalue weighted by molar-refractivity contribution is 5.76. The largest absolute Gasteiger partial charge is 0.394 e. The summed E-state index contributed by atoms with van der Waals surface area (Å²) in [6.45, 7) is 4.09. The summed E-state index contributed by atoms with van der Waals surface area (Å²) < 4.78 is 0. The van der Waals surface area contributed by atoms with Crippen molar-refractivity contribution in [1.82, 2.24) is 5.32 Å². The molecule has 0 aliphatic heterocycles. The van der Waals surface area contributed by atoms with E-state index in [4.69, 9.17) is 0 Å². The van der Waals surface area contributed by atoms with Crippen LogP contribution in [0, 0.1) is 0 Å². The maximum absolute atomic E-state index is 12.3. The lowest BCUT2D eigenvalue weighted by molar-refractivity contribution is -0.122. The first-order valence-electron chi connectivity index (χ1n) is 17.6. The van der Waals surface area contributed by atoms with Crippen LogP contribution >= 0.6 is 0 Å². The summed E-state index contributed by atoms with van der Waals surface area (Å²) in [7, 11) is 0. The molecular formula is C41H65NO3. The molecule has 3 N–H and O–H groups in total. The van der Waals surface area contributed by atoms with Crippen LogP contribution in [0.5, 0.6) is 0 Å². The number of carbonyl (C=O) groups excluding carboxylic acids is 1. The van der Waals surface area contributed by atoms with Crippen molar-refractivity contribution in [2.45, 2.75) is 135 Å². The molecule has 0 fully saturated rings. The van der Waals surface area contributed by atoms with Crippen LogP contribution in [0.1, 0.15) is 123 Å². The number of carbonyl (C=O) groups is 1. The first kappa shape index (κ1) is 42.0. The van der Waals surface area contributed by atoms with Gasteiger partial charge >= 0.3 is 0 Å². The van der Waals surface area contributed by atoms with Crippen LogP contribution in [0.15, 0.2) is 109 Å². The molecule has 45 heavy (non-hydrogen) atoms. The molecule has 0 aliphatic carbocycles. The Hall–Kier alpha value is -2.95. The van der Waals surface area contributed by atoms with Crippen molar-refractivity contribution in [2.24, 2.45) is 0 Å². The molecule has 0 saturated heterocycles. The van der Waals surface area contributed by atoms with Crippen molar-refractivity contribution in [3.63, 3.8) is 0 Å². The van der Waals surface area contributed by atoms with Gasteiger partial charge in [0.25, 0.3) is 0 Å². The first-order chi connectivity index (χ1) is 22.2. The minimum atomic E-state index is -0.906. The zero-order valence-electron chi connectivity index (χ0n) is 28.6. The molecule has 0 aromatic carbocycles. The predicted molar refractivity (Wildman–Crippen MR) is 197 cm³/mol. The molecular weight excluding hydrogens is 554 g/mol. The molecule has 2 atom stereocenters. The van der Waals surface area contributed by atoms with Gasteiger partial charge in [0.2, 0.25) is 5.91 Å². The van der Waals surface area contributed by atoms with Crippen molar-refractivity contribution in [1.29, 1.82) is 0 Å². The molecule has 1 amide bonds. The highest BCUT2D eigenvalue weighted by Gasteiger charge is 2.17. The van der Waals surface area contributed by atoms with E-state index < -0.39 is 12.1 Å². The molecule has 0 aliphatic rings. The van der Waals surface area contributed by atoms with Crippen molar-refractivity contribution >= 4 is 5.91 Å². The smallest absolute Gasteiger partial charge is 0.220 e. The molecule has 0 aromatic heterocycles. The fourth-order valence-electron chi connectivity index (χ4n) is 4.29. The van der Waals surface area contributed by atoms with E-state index in [-0.39, 0.29) is 12.5 Å². The monoisotopic (exact) mass is 619 g/mol. The highest BCUT2D eigenvalue weighted by atomic mass is 16.3. The Kier molecular flexibility index (Phi) is 33.2. The summed E-state index contributed by atoms with van der Waals surface area (Å²) in [4.78, 5) is 12.3. The van der Waals surface area contributed by atoms with Gasteiger partial charge in [0, 0.05) is 6.42 Å². The Morgan fingerprint density at radius 1 is 0.556 bits per heavy atom. The van der Waals surface area contributed by atoms with E-state index in [2.05, 4.69) is 110 Å². The van der Waals surface area contributed by atoms with Crippen molar-refractivity contribution in [2.75, 3.05) is 6.61 Å². The Balaban J connectivity index is 3.92. The molecule has 0 bridgehead atoms. The fraction of sp³-hybridized carbons (Fsp3) is 0.537. The second-order valence-corrected chi connectivity index (χ2v) is 11.2. The van der Waals surface area contributed by atoms with E-state index in [1.807, 2.05) is 12.2 Å². The van der Waals surface area contributed by atoms with Gasteiger partial charge < -0.3 is 15.5 Å². The third-order valence-corrected chi connectivity index (χ3v) is 6.98. The number of hydrogen-bond donors (Lipinski definition) is 3. The van der Waals surface area contributed by atoms with Gasteiger partial charge in [-0.15, -0.1) is 0 Å². The number of nitrogens with one attached hydrogen (secondary N) is 1. The maximum Gasteiger partial charge on any atom is 0.220 e. The highest BCUT2D eigenvalue weighted by Crippen LogP contribution is 2.05. The quantitative estimate of drug-likeness (QED) is 0.0576. The van der Waals surface area contributed by atoms with Crippen LogP contribution in [0.25, 0.3) is 0 Å². The van der Waals surface area contributed by atoms with Gasteiger partial charge in [0.15, 0.2) is 0 Å². The second kappa shape index (κ2) is 35.5.